The molecule has 0 rings (SSSR count). The van der Waals surface area contributed by atoms with Gasteiger partial charge in [-0.15, -0.1) is 0 Å². The van der Waals surface area contributed by atoms with E-state index in [1.807, 2.05) is 0 Å². The van der Waals surface area contributed by atoms with E-state index in [9.17, 15) is 70.7 Å². The number of rotatable bonds is 8. The van der Waals surface area contributed by atoms with E-state index in [2.05, 4.69) is 0 Å². The molecule has 0 aromatic carbocycles. The second-order valence-corrected chi connectivity index (χ2v) is 6.08. The van der Waals surface area contributed by atoms with Crippen LogP contribution in [0.25, 0.3) is 0 Å². The fraction of sp³-hybridized carbons (Fsp3) is 0.917. The van der Waals surface area contributed by atoms with Gasteiger partial charge in [0.05, 0.1) is 6.54 Å². The van der Waals surface area contributed by atoms with E-state index in [-0.39, 0.29) is 0 Å². The molecule has 180 valence electrons. The summed E-state index contributed by atoms with van der Waals surface area (Å²) in [7, 11) is 0. The highest BCUT2D eigenvalue weighted by atomic mass is 19.4. The van der Waals surface area contributed by atoms with Crippen LogP contribution in [0.5, 0.6) is 0 Å². The lowest BCUT2D eigenvalue weighted by atomic mass is 9.91. The van der Waals surface area contributed by atoms with Crippen LogP contribution in [0.4, 0.5) is 70.7 Å². The third kappa shape index (κ3) is 3.92. The van der Waals surface area contributed by atoms with Crippen LogP contribution < -0.4 is 0 Å². The molecular weight excluding hydrogens is 475 g/mol. The number of halogens is 15. The maximum absolute atomic E-state index is 13.6. The molecule has 0 aliphatic heterocycles. The Bertz CT molecular complexity index is 640. The maximum atomic E-state index is 13.6. The largest absolute Gasteiger partial charge is 0.465 e. The molecular formula is C12H10F15NO2. The highest BCUT2D eigenvalue weighted by Gasteiger charge is 2.93. The molecule has 0 unspecified atom stereocenters. The lowest BCUT2D eigenvalue weighted by Crippen LogP contribution is -2.73. The van der Waals surface area contributed by atoms with E-state index >= 15 is 0 Å². The van der Waals surface area contributed by atoms with Crippen LogP contribution in [0.2, 0.25) is 0 Å². The summed E-state index contributed by atoms with van der Waals surface area (Å²) in [6.45, 7) is -1.62. The van der Waals surface area contributed by atoms with Gasteiger partial charge in [-0.2, -0.15) is 65.9 Å². The van der Waals surface area contributed by atoms with Crippen molar-refractivity contribution in [2.24, 2.45) is 0 Å². The summed E-state index contributed by atoms with van der Waals surface area (Å²) in [6.07, 6.45) is -10.2. The average Bonchev–Trinajstić information content (AvgIpc) is 2.49. The fourth-order valence-electron chi connectivity index (χ4n) is 1.78. The maximum Gasteiger partial charge on any atom is 0.460 e. The summed E-state index contributed by atoms with van der Waals surface area (Å²) in [5.74, 6) is -47.3. The molecule has 0 fully saturated rings. The Labute approximate surface area is 156 Å². The zero-order valence-electron chi connectivity index (χ0n) is 14.3. The molecule has 1 amide bonds. The highest BCUT2D eigenvalue weighted by molar-refractivity contribution is 5.65. The first-order valence-electron chi connectivity index (χ1n) is 7.07. The average molecular weight is 485 g/mol. The van der Waals surface area contributed by atoms with Crippen molar-refractivity contribution in [2.45, 2.75) is 61.6 Å². The summed E-state index contributed by atoms with van der Waals surface area (Å²) in [4.78, 5) is 9.93. The van der Waals surface area contributed by atoms with Crippen molar-refractivity contribution >= 4 is 6.09 Å². The SMILES string of the molecule is CC(C)N(CC(F)(F)C(F)(F)C(F)(F)C(F)(F)C(F)(F)C(F)(F)C(F)(F)F)C(=O)O. The van der Waals surface area contributed by atoms with Gasteiger partial charge in [0.15, 0.2) is 0 Å². The molecule has 18 heteroatoms. The Kier molecular flexibility index (Phi) is 6.98. The van der Waals surface area contributed by atoms with Crippen molar-refractivity contribution in [2.75, 3.05) is 6.54 Å². The Balaban J connectivity index is 6.51. The van der Waals surface area contributed by atoms with Crippen molar-refractivity contribution in [1.29, 1.82) is 0 Å². The smallest absolute Gasteiger partial charge is 0.460 e. The second kappa shape index (κ2) is 7.42. The zero-order chi connectivity index (χ0) is 24.9. The normalized spacial score (nSPS) is 15.5. The summed E-state index contributed by atoms with van der Waals surface area (Å²) < 4.78 is 195. The standard InChI is InChI=1S/C12H10F15NO2/c1-4(2)28(5(29)30)3-6(13,14)7(15,16)8(17,18)9(19,20)10(21,22)11(23,24)12(25,26)27/h4H,3H2,1-2H3,(H,29,30). The van der Waals surface area contributed by atoms with Crippen molar-refractivity contribution in [3.05, 3.63) is 0 Å². The molecule has 0 aliphatic rings. The van der Waals surface area contributed by atoms with Gasteiger partial charge in [-0.25, -0.2) is 4.79 Å². The summed E-state index contributed by atoms with van der Waals surface area (Å²) in [6, 6.07) is -1.70. The molecule has 1 N–H and O–H groups in total. The van der Waals surface area contributed by atoms with E-state index in [0.29, 0.717) is 13.8 Å². The number of hydrogen-bond acceptors (Lipinski definition) is 1. The van der Waals surface area contributed by atoms with Gasteiger partial charge >= 0.3 is 47.8 Å². The first kappa shape index (κ1) is 28.2. The molecule has 0 atom stereocenters. The Hall–Kier alpha value is -1.78. The van der Waals surface area contributed by atoms with Crippen LogP contribution >= 0.6 is 0 Å². The van der Waals surface area contributed by atoms with Gasteiger partial charge in [0, 0.05) is 6.04 Å². The molecule has 30 heavy (non-hydrogen) atoms. The minimum Gasteiger partial charge on any atom is -0.465 e. The number of amides is 1. The van der Waals surface area contributed by atoms with Crippen LogP contribution in [0.1, 0.15) is 13.8 Å². The minimum absolute atomic E-state index is 0.702. The minimum atomic E-state index is -8.39. The Morgan fingerprint density at radius 1 is 0.667 bits per heavy atom. The van der Waals surface area contributed by atoms with E-state index in [4.69, 9.17) is 5.11 Å². The van der Waals surface area contributed by atoms with Gasteiger partial charge in [0.25, 0.3) is 0 Å². The number of carboxylic acid groups (broad SMARTS) is 1. The number of hydrogen-bond donors (Lipinski definition) is 1. The van der Waals surface area contributed by atoms with Crippen LogP contribution in [-0.4, -0.2) is 70.4 Å². The zero-order valence-corrected chi connectivity index (χ0v) is 14.3. The first-order chi connectivity index (χ1) is 12.7. The molecule has 0 radical (unpaired) electrons. The van der Waals surface area contributed by atoms with Crippen LogP contribution in [0.3, 0.4) is 0 Å². The van der Waals surface area contributed by atoms with Gasteiger partial charge in [0.1, 0.15) is 0 Å². The van der Waals surface area contributed by atoms with E-state index < -0.39 is 65.3 Å². The molecule has 0 saturated carbocycles. The predicted molar refractivity (Wildman–Crippen MR) is 65.6 cm³/mol. The molecule has 0 aliphatic carbocycles. The lowest BCUT2D eigenvalue weighted by Gasteiger charge is -2.42. The molecule has 0 bridgehead atoms. The summed E-state index contributed by atoms with van der Waals surface area (Å²) in [5, 5.41) is 8.53. The third-order valence-corrected chi connectivity index (χ3v) is 3.63. The van der Waals surface area contributed by atoms with Gasteiger partial charge < -0.3 is 5.11 Å². The van der Waals surface area contributed by atoms with E-state index in [1.165, 1.54) is 0 Å². The van der Waals surface area contributed by atoms with Gasteiger partial charge in [0.2, 0.25) is 0 Å². The van der Waals surface area contributed by atoms with Crippen molar-refractivity contribution in [3.8, 4) is 0 Å². The van der Waals surface area contributed by atoms with Crippen molar-refractivity contribution < 1.29 is 75.8 Å². The molecule has 0 aromatic heterocycles. The molecule has 0 spiro atoms. The lowest BCUT2D eigenvalue weighted by molar-refractivity contribution is -0.452. The number of alkyl halides is 15. The highest BCUT2D eigenvalue weighted by Crippen LogP contribution is 2.62. The van der Waals surface area contributed by atoms with Crippen LogP contribution in [-0.2, 0) is 0 Å². The van der Waals surface area contributed by atoms with Gasteiger partial charge in [-0.1, -0.05) is 0 Å². The number of nitrogens with zero attached hydrogens (tertiary/aromatic N) is 1. The quantitative estimate of drug-likeness (QED) is 0.445. The van der Waals surface area contributed by atoms with Gasteiger partial charge in [-0.3, -0.25) is 4.90 Å². The Morgan fingerprint density at radius 2 is 0.967 bits per heavy atom. The van der Waals surface area contributed by atoms with Crippen LogP contribution in [0.15, 0.2) is 0 Å². The Morgan fingerprint density at radius 3 is 1.23 bits per heavy atom. The predicted octanol–water partition coefficient (Wildman–Crippen LogP) is 5.75. The molecule has 3 nitrogen and oxygen atoms in total. The fourth-order valence-corrected chi connectivity index (χ4v) is 1.78. The monoisotopic (exact) mass is 485 g/mol. The van der Waals surface area contributed by atoms with E-state index in [1.54, 1.807) is 0 Å². The molecule has 0 aromatic rings. The molecule has 0 saturated heterocycles. The molecule has 0 heterocycles. The summed E-state index contributed by atoms with van der Waals surface area (Å²) >= 11 is 0. The van der Waals surface area contributed by atoms with Crippen molar-refractivity contribution in [3.63, 3.8) is 0 Å². The second-order valence-electron chi connectivity index (χ2n) is 6.08. The topological polar surface area (TPSA) is 40.5 Å². The first-order valence-corrected chi connectivity index (χ1v) is 7.07. The van der Waals surface area contributed by atoms with E-state index in [0.717, 1.165) is 0 Å². The third-order valence-electron chi connectivity index (χ3n) is 3.63. The van der Waals surface area contributed by atoms with Gasteiger partial charge in [-0.05, 0) is 13.8 Å². The van der Waals surface area contributed by atoms with Crippen molar-refractivity contribution in [1.82, 2.24) is 4.90 Å². The summed E-state index contributed by atoms with van der Waals surface area (Å²) in [5.41, 5.74) is 0. The number of carbonyl (C=O) groups is 1. The van der Waals surface area contributed by atoms with Crippen LogP contribution in [0, 0.1) is 0 Å².